The summed E-state index contributed by atoms with van der Waals surface area (Å²) in [4.78, 5) is 25.3. The van der Waals surface area contributed by atoms with Crippen molar-refractivity contribution in [1.82, 2.24) is 15.5 Å². The molecule has 0 aliphatic carbocycles. The molecule has 7 heteroatoms. The minimum atomic E-state index is -0.302. The van der Waals surface area contributed by atoms with Crippen LogP contribution in [-0.4, -0.2) is 53.0 Å². The molecule has 102 valence electrons. The third-order valence-electron chi connectivity index (χ3n) is 3.81. The maximum atomic E-state index is 12.2. The summed E-state index contributed by atoms with van der Waals surface area (Å²) in [7, 11) is 0. The molecule has 0 aromatic carbocycles. The second-order valence-corrected chi connectivity index (χ2v) is 6.00. The standard InChI is InChI=1S/C11H17N3O2S.ClH/c15-10(9-6-17-11(16)13-9)14-4-3-7-1-2-8(5-14)12-7;/h7-9,12H,1-6H2,(H,13,16);1H/t7?,8?,9-;/m0./s1. The van der Waals surface area contributed by atoms with Crippen molar-refractivity contribution in [2.24, 2.45) is 0 Å². The fraction of sp³-hybridized carbons (Fsp3) is 0.818. The summed E-state index contributed by atoms with van der Waals surface area (Å²) < 4.78 is 0. The second kappa shape index (κ2) is 5.67. The number of likely N-dealkylation sites (tertiary alicyclic amines) is 1. The lowest BCUT2D eigenvalue weighted by Crippen LogP contribution is -2.48. The first-order chi connectivity index (χ1) is 8.22. The zero-order valence-electron chi connectivity index (χ0n) is 10.1. The Balaban J connectivity index is 0.00000120. The quantitative estimate of drug-likeness (QED) is 0.742. The van der Waals surface area contributed by atoms with Crippen LogP contribution in [0.1, 0.15) is 19.3 Å². The number of thioether (sulfide) groups is 1. The highest BCUT2D eigenvalue weighted by molar-refractivity contribution is 8.14. The van der Waals surface area contributed by atoms with E-state index in [1.54, 1.807) is 0 Å². The molecule has 3 aliphatic heterocycles. The van der Waals surface area contributed by atoms with Crippen LogP contribution in [0.2, 0.25) is 0 Å². The van der Waals surface area contributed by atoms with Crippen LogP contribution < -0.4 is 10.6 Å². The average Bonchev–Trinajstić information content (AvgIpc) is 2.84. The number of carbonyl (C=O) groups is 2. The van der Waals surface area contributed by atoms with Gasteiger partial charge in [-0.15, -0.1) is 12.4 Å². The van der Waals surface area contributed by atoms with Gasteiger partial charge in [0.15, 0.2) is 0 Å². The molecule has 0 aromatic rings. The molecule has 3 saturated heterocycles. The van der Waals surface area contributed by atoms with Crippen LogP contribution in [0.5, 0.6) is 0 Å². The smallest absolute Gasteiger partial charge is 0.279 e. The summed E-state index contributed by atoms with van der Waals surface area (Å²) in [6, 6.07) is 0.741. The maximum absolute atomic E-state index is 12.2. The number of fused-ring (bicyclic) bond motifs is 2. The molecule has 5 nitrogen and oxygen atoms in total. The van der Waals surface area contributed by atoms with Crippen molar-refractivity contribution in [3.8, 4) is 0 Å². The van der Waals surface area contributed by atoms with Crippen LogP contribution in [0, 0.1) is 0 Å². The van der Waals surface area contributed by atoms with Gasteiger partial charge in [0.05, 0.1) is 0 Å². The molecule has 2 unspecified atom stereocenters. The molecule has 18 heavy (non-hydrogen) atoms. The van der Waals surface area contributed by atoms with Crippen LogP contribution in [-0.2, 0) is 4.79 Å². The molecule has 0 radical (unpaired) electrons. The lowest BCUT2D eigenvalue weighted by molar-refractivity contribution is -0.132. The van der Waals surface area contributed by atoms with E-state index in [1.807, 2.05) is 4.90 Å². The van der Waals surface area contributed by atoms with Gasteiger partial charge in [-0.1, -0.05) is 11.8 Å². The monoisotopic (exact) mass is 291 g/mol. The number of amides is 2. The summed E-state index contributed by atoms with van der Waals surface area (Å²) >= 11 is 1.21. The Morgan fingerprint density at radius 3 is 2.78 bits per heavy atom. The highest BCUT2D eigenvalue weighted by atomic mass is 35.5. The number of nitrogens with zero attached hydrogens (tertiary/aromatic N) is 1. The van der Waals surface area contributed by atoms with Gasteiger partial charge in [0.1, 0.15) is 6.04 Å². The maximum Gasteiger partial charge on any atom is 0.279 e. The second-order valence-electron chi connectivity index (χ2n) is 5.01. The van der Waals surface area contributed by atoms with E-state index in [9.17, 15) is 9.59 Å². The van der Waals surface area contributed by atoms with E-state index in [1.165, 1.54) is 24.6 Å². The third kappa shape index (κ3) is 2.75. The van der Waals surface area contributed by atoms with Gasteiger partial charge in [0.25, 0.3) is 5.24 Å². The van der Waals surface area contributed by atoms with E-state index < -0.39 is 0 Å². The molecule has 0 aromatic heterocycles. The van der Waals surface area contributed by atoms with Crippen molar-refractivity contribution in [1.29, 1.82) is 0 Å². The van der Waals surface area contributed by atoms with Crippen molar-refractivity contribution in [3.63, 3.8) is 0 Å². The van der Waals surface area contributed by atoms with Crippen molar-refractivity contribution in [2.45, 2.75) is 37.4 Å². The minimum Gasteiger partial charge on any atom is -0.339 e. The van der Waals surface area contributed by atoms with Gasteiger partial charge in [-0.3, -0.25) is 9.59 Å². The van der Waals surface area contributed by atoms with Gasteiger partial charge in [0.2, 0.25) is 5.91 Å². The van der Waals surface area contributed by atoms with Gasteiger partial charge in [-0.2, -0.15) is 0 Å². The van der Waals surface area contributed by atoms with Crippen LogP contribution >= 0.6 is 24.2 Å². The van der Waals surface area contributed by atoms with E-state index in [0.717, 1.165) is 19.5 Å². The Hall–Kier alpha value is -0.460. The largest absolute Gasteiger partial charge is 0.339 e. The van der Waals surface area contributed by atoms with Crippen molar-refractivity contribution in [2.75, 3.05) is 18.8 Å². The Morgan fingerprint density at radius 1 is 1.28 bits per heavy atom. The molecule has 3 heterocycles. The molecule has 3 aliphatic rings. The lowest BCUT2D eigenvalue weighted by atomic mass is 10.1. The SMILES string of the molecule is Cl.O=C1N[C@H](C(=O)N2CCC3CCC(C2)N3)CS1. The zero-order valence-corrected chi connectivity index (χ0v) is 11.7. The summed E-state index contributed by atoms with van der Waals surface area (Å²) in [6.07, 6.45) is 3.44. The van der Waals surface area contributed by atoms with Gasteiger partial charge >= 0.3 is 0 Å². The molecule has 3 atom stereocenters. The minimum absolute atomic E-state index is 0. The Labute approximate surface area is 117 Å². The Bertz CT molecular complexity index is 355. The lowest BCUT2D eigenvalue weighted by Gasteiger charge is -2.26. The molecular weight excluding hydrogens is 274 g/mol. The number of halogens is 1. The van der Waals surface area contributed by atoms with Gasteiger partial charge in [0, 0.05) is 30.9 Å². The summed E-state index contributed by atoms with van der Waals surface area (Å²) in [6.45, 7) is 1.62. The normalized spacial score (nSPS) is 34.8. The summed E-state index contributed by atoms with van der Waals surface area (Å²) in [5.74, 6) is 0.674. The van der Waals surface area contributed by atoms with Gasteiger partial charge in [-0.05, 0) is 19.3 Å². The fourth-order valence-electron chi connectivity index (χ4n) is 2.88. The summed E-state index contributed by atoms with van der Waals surface area (Å²) in [5, 5.41) is 6.21. The third-order valence-corrected chi connectivity index (χ3v) is 4.69. The summed E-state index contributed by atoms with van der Waals surface area (Å²) in [5.41, 5.74) is 0. The zero-order chi connectivity index (χ0) is 11.8. The first kappa shape index (κ1) is 14.0. The number of hydrogen-bond acceptors (Lipinski definition) is 4. The molecule has 3 fully saturated rings. The topological polar surface area (TPSA) is 61.4 Å². The van der Waals surface area contributed by atoms with Crippen LogP contribution in [0.25, 0.3) is 0 Å². The predicted molar refractivity (Wildman–Crippen MR) is 73.2 cm³/mol. The average molecular weight is 292 g/mol. The molecule has 3 rings (SSSR count). The number of carbonyl (C=O) groups excluding carboxylic acids is 2. The van der Waals surface area contributed by atoms with Gasteiger partial charge < -0.3 is 15.5 Å². The molecule has 2 bridgehead atoms. The Kier molecular flexibility index (Phi) is 4.40. The predicted octanol–water partition coefficient (Wildman–Crippen LogP) is 0.586. The van der Waals surface area contributed by atoms with Crippen molar-refractivity contribution < 1.29 is 9.59 Å². The highest BCUT2D eigenvalue weighted by Gasteiger charge is 2.36. The first-order valence-electron chi connectivity index (χ1n) is 6.20. The van der Waals surface area contributed by atoms with Crippen LogP contribution in [0.15, 0.2) is 0 Å². The van der Waals surface area contributed by atoms with E-state index in [4.69, 9.17) is 0 Å². The van der Waals surface area contributed by atoms with Crippen molar-refractivity contribution >= 4 is 35.3 Å². The van der Waals surface area contributed by atoms with E-state index in [0.29, 0.717) is 17.8 Å². The first-order valence-corrected chi connectivity index (χ1v) is 7.19. The van der Waals surface area contributed by atoms with Crippen LogP contribution in [0.4, 0.5) is 4.79 Å². The number of hydrogen-bond donors (Lipinski definition) is 2. The molecule has 0 spiro atoms. The Morgan fingerprint density at radius 2 is 2.06 bits per heavy atom. The molecule has 2 N–H and O–H groups in total. The molecule has 2 amide bonds. The van der Waals surface area contributed by atoms with Crippen LogP contribution in [0.3, 0.4) is 0 Å². The van der Waals surface area contributed by atoms with Crippen molar-refractivity contribution in [3.05, 3.63) is 0 Å². The van der Waals surface area contributed by atoms with E-state index in [-0.39, 0.29) is 29.6 Å². The fourth-order valence-corrected chi connectivity index (χ4v) is 3.65. The van der Waals surface area contributed by atoms with E-state index >= 15 is 0 Å². The van der Waals surface area contributed by atoms with E-state index in [2.05, 4.69) is 10.6 Å². The van der Waals surface area contributed by atoms with Gasteiger partial charge in [-0.25, -0.2) is 0 Å². The number of rotatable bonds is 1. The molecule has 0 saturated carbocycles. The molecular formula is C11H18ClN3O2S. The number of nitrogens with one attached hydrogen (secondary N) is 2. The highest BCUT2D eigenvalue weighted by Crippen LogP contribution is 2.22.